The zero-order valence-corrected chi connectivity index (χ0v) is 19.1. The molecule has 1 amide bonds. The van der Waals surface area contributed by atoms with E-state index in [1.807, 2.05) is 38.2 Å². The standard InChI is InChI=1S/C22H26N8OS/c1-15-16(2)32-21(30-14-24-27-28-30)19(15)20(31)23-13-22(9-5-3-6-10-22)12-18-26-25-17-8-4-7-11-29(17)18/h4,7-8,11,14H,3,5-6,9-10,12-13H2,1-2H3,(H,23,31). The molecule has 1 fully saturated rings. The van der Waals surface area contributed by atoms with Crippen LogP contribution < -0.4 is 5.32 Å². The fourth-order valence-electron chi connectivity index (χ4n) is 4.71. The molecule has 1 aliphatic carbocycles. The Morgan fingerprint density at radius 1 is 1.19 bits per heavy atom. The Bertz CT molecular complexity index is 1240. The molecule has 32 heavy (non-hydrogen) atoms. The Morgan fingerprint density at radius 2 is 2.03 bits per heavy atom. The number of fused-ring (bicyclic) bond motifs is 1. The maximum absolute atomic E-state index is 13.4. The smallest absolute Gasteiger partial charge is 0.254 e. The minimum Gasteiger partial charge on any atom is -0.351 e. The van der Waals surface area contributed by atoms with Gasteiger partial charge < -0.3 is 5.32 Å². The summed E-state index contributed by atoms with van der Waals surface area (Å²) in [7, 11) is 0. The highest BCUT2D eigenvalue weighted by molar-refractivity contribution is 7.15. The topological polar surface area (TPSA) is 103 Å². The molecule has 0 bridgehead atoms. The molecule has 10 heteroatoms. The van der Waals surface area contributed by atoms with Crippen LogP contribution in [0.1, 0.15) is 58.7 Å². The highest BCUT2D eigenvalue weighted by atomic mass is 32.1. The molecular formula is C22H26N8OS. The number of amides is 1. The van der Waals surface area contributed by atoms with Crippen LogP contribution >= 0.6 is 11.3 Å². The van der Waals surface area contributed by atoms with E-state index in [2.05, 4.69) is 35.4 Å². The minimum atomic E-state index is -0.0756. The molecule has 5 rings (SSSR count). The Hall–Kier alpha value is -3.14. The molecule has 9 nitrogen and oxygen atoms in total. The lowest BCUT2D eigenvalue weighted by atomic mass is 9.71. The zero-order chi connectivity index (χ0) is 22.1. The van der Waals surface area contributed by atoms with Crippen LogP contribution in [0.15, 0.2) is 30.7 Å². The van der Waals surface area contributed by atoms with E-state index in [-0.39, 0.29) is 11.3 Å². The first kappa shape index (κ1) is 20.7. The van der Waals surface area contributed by atoms with E-state index in [4.69, 9.17) is 0 Å². The second-order valence-corrected chi connectivity index (χ2v) is 9.89. The van der Waals surface area contributed by atoms with Crippen molar-refractivity contribution in [3.05, 3.63) is 52.6 Å². The van der Waals surface area contributed by atoms with Crippen LogP contribution in [-0.2, 0) is 6.42 Å². The minimum absolute atomic E-state index is 0.0271. The van der Waals surface area contributed by atoms with Gasteiger partial charge >= 0.3 is 0 Å². The van der Waals surface area contributed by atoms with Gasteiger partial charge in [-0.1, -0.05) is 25.3 Å². The van der Waals surface area contributed by atoms with E-state index in [0.717, 1.165) is 46.2 Å². The van der Waals surface area contributed by atoms with Crippen LogP contribution in [0.4, 0.5) is 0 Å². The molecule has 0 radical (unpaired) electrons. The molecule has 0 unspecified atom stereocenters. The summed E-state index contributed by atoms with van der Waals surface area (Å²) < 4.78 is 3.62. The van der Waals surface area contributed by atoms with Crippen molar-refractivity contribution in [1.29, 1.82) is 0 Å². The van der Waals surface area contributed by atoms with Crippen molar-refractivity contribution in [2.75, 3.05) is 6.54 Å². The number of pyridine rings is 1. The number of thiophene rings is 1. The molecule has 0 aliphatic heterocycles. The lowest BCUT2D eigenvalue weighted by molar-refractivity contribution is 0.0906. The van der Waals surface area contributed by atoms with Gasteiger partial charge in [-0.15, -0.1) is 26.6 Å². The van der Waals surface area contributed by atoms with Crippen molar-refractivity contribution < 1.29 is 4.79 Å². The summed E-state index contributed by atoms with van der Waals surface area (Å²) in [6.07, 6.45) is 10.0. The van der Waals surface area contributed by atoms with Gasteiger partial charge in [0.25, 0.3) is 5.91 Å². The Balaban J connectivity index is 1.40. The van der Waals surface area contributed by atoms with Gasteiger partial charge in [-0.25, -0.2) is 0 Å². The quantitative estimate of drug-likeness (QED) is 0.483. The summed E-state index contributed by atoms with van der Waals surface area (Å²) in [4.78, 5) is 14.5. The monoisotopic (exact) mass is 450 g/mol. The van der Waals surface area contributed by atoms with Crippen molar-refractivity contribution in [2.24, 2.45) is 5.41 Å². The number of aryl methyl sites for hydroxylation is 1. The van der Waals surface area contributed by atoms with Crippen molar-refractivity contribution in [3.63, 3.8) is 0 Å². The number of nitrogens with one attached hydrogen (secondary N) is 1. The molecule has 0 spiro atoms. The SMILES string of the molecule is Cc1sc(-n2cnnn2)c(C(=O)NCC2(Cc3nnc4ccccn34)CCCCC2)c1C. The Labute approximate surface area is 189 Å². The second-order valence-electron chi connectivity index (χ2n) is 8.68. The van der Waals surface area contributed by atoms with Gasteiger partial charge in [-0.2, -0.15) is 4.68 Å². The van der Waals surface area contributed by atoms with Gasteiger partial charge in [0.1, 0.15) is 17.2 Å². The van der Waals surface area contributed by atoms with Crippen LogP contribution in [-0.4, -0.2) is 47.3 Å². The van der Waals surface area contributed by atoms with Gasteiger partial charge in [0.15, 0.2) is 5.65 Å². The summed E-state index contributed by atoms with van der Waals surface area (Å²) in [5, 5.41) is 24.2. The first-order valence-corrected chi connectivity index (χ1v) is 11.8. The van der Waals surface area contributed by atoms with Gasteiger partial charge in [-0.3, -0.25) is 9.20 Å². The largest absolute Gasteiger partial charge is 0.351 e. The van der Waals surface area contributed by atoms with E-state index in [1.165, 1.54) is 36.9 Å². The molecule has 0 saturated heterocycles. The third kappa shape index (κ3) is 3.79. The lowest BCUT2D eigenvalue weighted by Gasteiger charge is -2.37. The third-order valence-electron chi connectivity index (χ3n) is 6.61. The van der Waals surface area contributed by atoms with Crippen molar-refractivity contribution >= 4 is 22.9 Å². The summed E-state index contributed by atoms with van der Waals surface area (Å²) in [6, 6.07) is 5.93. The first-order valence-electron chi connectivity index (χ1n) is 11.0. The molecule has 1 N–H and O–H groups in total. The summed E-state index contributed by atoms with van der Waals surface area (Å²) >= 11 is 1.53. The van der Waals surface area contributed by atoms with E-state index in [1.54, 1.807) is 4.68 Å². The van der Waals surface area contributed by atoms with E-state index in [0.29, 0.717) is 12.1 Å². The first-order chi connectivity index (χ1) is 15.6. The van der Waals surface area contributed by atoms with Crippen LogP contribution in [0.5, 0.6) is 0 Å². The molecule has 0 aromatic carbocycles. The maximum atomic E-state index is 13.4. The number of carbonyl (C=O) groups excluding carboxylic acids is 1. The van der Waals surface area contributed by atoms with Crippen molar-refractivity contribution in [1.82, 2.24) is 40.1 Å². The van der Waals surface area contributed by atoms with Crippen LogP contribution in [0, 0.1) is 19.3 Å². The van der Waals surface area contributed by atoms with Gasteiger partial charge in [0.2, 0.25) is 0 Å². The van der Waals surface area contributed by atoms with Gasteiger partial charge in [0.05, 0.1) is 5.56 Å². The van der Waals surface area contributed by atoms with Crippen LogP contribution in [0.25, 0.3) is 10.6 Å². The van der Waals surface area contributed by atoms with Crippen LogP contribution in [0.3, 0.4) is 0 Å². The van der Waals surface area contributed by atoms with Crippen LogP contribution in [0.2, 0.25) is 0 Å². The average molecular weight is 451 g/mol. The number of aromatic nitrogens is 7. The highest BCUT2D eigenvalue weighted by Gasteiger charge is 2.35. The molecule has 4 heterocycles. The number of tetrazole rings is 1. The van der Waals surface area contributed by atoms with Gasteiger partial charge in [-0.05, 0) is 60.2 Å². The van der Waals surface area contributed by atoms with Gasteiger partial charge in [0, 0.05) is 24.0 Å². The van der Waals surface area contributed by atoms with E-state index in [9.17, 15) is 4.79 Å². The molecule has 166 valence electrons. The predicted octanol–water partition coefficient (Wildman–Crippen LogP) is 3.31. The van der Waals surface area contributed by atoms with Crippen molar-refractivity contribution in [3.8, 4) is 5.00 Å². The molecule has 4 aromatic rings. The summed E-state index contributed by atoms with van der Waals surface area (Å²) in [5.41, 5.74) is 2.45. The number of hydrogen-bond donors (Lipinski definition) is 1. The summed E-state index contributed by atoms with van der Waals surface area (Å²) in [6.45, 7) is 4.61. The maximum Gasteiger partial charge on any atom is 0.254 e. The fraction of sp³-hybridized carbons (Fsp3) is 0.455. The fourth-order valence-corrected chi connectivity index (χ4v) is 5.78. The normalized spacial score (nSPS) is 15.8. The number of hydrogen-bond acceptors (Lipinski definition) is 7. The predicted molar refractivity (Wildman–Crippen MR) is 121 cm³/mol. The lowest BCUT2D eigenvalue weighted by Crippen LogP contribution is -2.41. The molecule has 1 aliphatic rings. The molecule has 0 atom stereocenters. The van der Waals surface area contributed by atoms with E-state index < -0.39 is 0 Å². The average Bonchev–Trinajstić information content (AvgIpc) is 3.54. The second kappa shape index (κ2) is 8.42. The Kier molecular flexibility index (Phi) is 5.46. The summed E-state index contributed by atoms with van der Waals surface area (Å²) in [5.74, 6) is 0.877. The van der Waals surface area contributed by atoms with E-state index >= 15 is 0 Å². The zero-order valence-electron chi connectivity index (χ0n) is 18.3. The third-order valence-corrected chi connectivity index (χ3v) is 7.80. The number of carbonyl (C=O) groups is 1. The highest BCUT2D eigenvalue weighted by Crippen LogP contribution is 2.39. The Morgan fingerprint density at radius 3 is 2.81 bits per heavy atom. The molecule has 4 aromatic heterocycles. The number of nitrogens with zero attached hydrogens (tertiary/aromatic N) is 7. The molecule has 1 saturated carbocycles. The molecular weight excluding hydrogens is 424 g/mol. The number of rotatable bonds is 6. The van der Waals surface area contributed by atoms with Crippen molar-refractivity contribution in [2.45, 2.75) is 52.4 Å².